The Balaban J connectivity index is 1.98. The van der Waals surface area contributed by atoms with Crippen LogP contribution in [0, 0.1) is 11.6 Å². The van der Waals surface area contributed by atoms with Crippen LogP contribution in [0.3, 0.4) is 0 Å². The Kier molecular flexibility index (Phi) is 8.10. The normalized spacial score (nSPS) is 11.6. The Morgan fingerprint density at radius 3 is 2.50 bits per heavy atom. The highest BCUT2D eigenvalue weighted by molar-refractivity contribution is 5.96. The molecule has 1 N–H and O–H groups in total. The number of esters is 1. The molecule has 2 rings (SSSR count). The van der Waals surface area contributed by atoms with Crippen LogP contribution >= 0.6 is 0 Å². The van der Waals surface area contributed by atoms with Gasteiger partial charge in [-0.05, 0) is 42.8 Å². The molecule has 30 heavy (non-hydrogen) atoms. The number of halogens is 2. The van der Waals surface area contributed by atoms with Gasteiger partial charge >= 0.3 is 5.97 Å². The maximum absolute atomic E-state index is 13.6. The summed E-state index contributed by atoms with van der Waals surface area (Å²) in [6, 6.07) is 8.19. The smallest absolute Gasteiger partial charge is 0.331 e. The highest BCUT2D eigenvalue weighted by Crippen LogP contribution is 2.28. The lowest BCUT2D eigenvalue weighted by Crippen LogP contribution is -2.30. The Hall–Kier alpha value is -3.68. The van der Waals surface area contributed by atoms with Crippen molar-refractivity contribution in [2.75, 3.05) is 19.0 Å². The van der Waals surface area contributed by atoms with Gasteiger partial charge in [-0.1, -0.05) is 24.8 Å². The van der Waals surface area contributed by atoms with Crippen molar-refractivity contribution in [2.45, 2.75) is 13.0 Å². The number of carbonyl (C=O) groups excluding carboxylic acids is 2. The molecule has 0 saturated carbocycles. The van der Waals surface area contributed by atoms with Crippen molar-refractivity contribution in [1.82, 2.24) is 0 Å². The highest BCUT2D eigenvalue weighted by Gasteiger charge is 2.20. The average molecular weight is 417 g/mol. The zero-order valence-electron chi connectivity index (χ0n) is 16.5. The van der Waals surface area contributed by atoms with E-state index in [4.69, 9.17) is 14.2 Å². The summed E-state index contributed by atoms with van der Waals surface area (Å²) in [6.07, 6.45) is 2.90. The zero-order chi connectivity index (χ0) is 22.1. The van der Waals surface area contributed by atoms with Crippen LogP contribution in [-0.2, 0) is 14.3 Å². The van der Waals surface area contributed by atoms with Crippen molar-refractivity contribution in [1.29, 1.82) is 0 Å². The maximum Gasteiger partial charge on any atom is 0.331 e. The molecule has 158 valence electrons. The third-order valence-electron chi connectivity index (χ3n) is 3.83. The number of methoxy groups -OCH3 is 1. The SMILES string of the molecule is C=CCOc1ccc(/C=C/C(=O)O[C@@H](C)C(=O)Nc2c(F)cccc2F)cc1OC. The molecule has 2 aromatic rings. The lowest BCUT2D eigenvalue weighted by atomic mass is 10.2. The molecule has 0 fully saturated rings. The molecule has 0 aliphatic heterocycles. The number of carbonyl (C=O) groups is 2. The van der Waals surface area contributed by atoms with E-state index >= 15 is 0 Å². The summed E-state index contributed by atoms with van der Waals surface area (Å²) in [5, 5.41) is 2.07. The van der Waals surface area contributed by atoms with Gasteiger partial charge in [-0.15, -0.1) is 0 Å². The van der Waals surface area contributed by atoms with E-state index in [1.807, 2.05) is 0 Å². The van der Waals surface area contributed by atoms with Crippen molar-refractivity contribution in [3.8, 4) is 11.5 Å². The van der Waals surface area contributed by atoms with E-state index in [1.54, 1.807) is 24.3 Å². The van der Waals surface area contributed by atoms with E-state index < -0.39 is 35.3 Å². The van der Waals surface area contributed by atoms with E-state index in [2.05, 4.69) is 11.9 Å². The number of rotatable bonds is 9. The number of hydrogen-bond acceptors (Lipinski definition) is 5. The Morgan fingerprint density at radius 1 is 1.17 bits per heavy atom. The van der Waals surface area contributed by atoms with E-state index in [9.17, 15) is 18.4 Å². The standard InChI is InChI=1S/C22H21F2NO5/c1-4-12-29-18-10-8-15(13-19(18)28-3)9-11-20(26)30-14(2)22(27)25-21-16(23)6-5-7-17(21)24/h4-11,13-14H,1,12H2,2-3H3,(H,25,27)/b11-9+/t14-/m0/s1. The molecule has 0 aromatic heterocycles. The summed E-state index contributed by atoms with van der Waals surface area (Å²) >= 11 is 0. The van der Waals surface area contributed by atoms with Crippen molar-refractivity contribution in [3.05, 3.63) is 72.3 Å². The van der Waals surface area contributed by atoms with Gasteiger partial charge in [0.15, 0.2) is 17.6 Å². The predicted molar refractivity (Wildman–Crippen MR) is 108 cm³/mol. The molecule has 1 amide bonds. The molecule has 1 atom stereocenters. The number of nitrogens with one attached hydrogen (secondary N) is 1. The Morgan fingerprint density at radius 2 is 1.87 bits per heavy atom. The molecule has 0 heterocycles. The second kappa shape index (κ2) is 10.8. The first-order valence-corrected chi connectivity index (χ1v) is 8.91. The number of hydrogen-bond donors (Lipinski definition) is 1. The van der Waals surface area contributed by atoms with Crippen LogP contribution in [0.1, 0.15) is 12.5 Å². The summed E-state index contributed by atoms with van der Waals surface area (Å²) < 4.78 is 42.9. The monoisotopic (exact) mass is 417 g/mol. The topological polar surface area (TPSA) is 73.9 Å². The second-order valence-corrected chi connectivity index (χ2v) is 6.01. The highest BCUT2D eigenvalue weighted by atomic mass is 19.1. The lowest BCUT2D eigenvalue weighted by Gasteiger charge is -2.13. The largest absolute Gasteiger partial charge is 0.493 e. The van der Waals surface area contributed by atoms with Crippen LogP contribution in [0.25, 0.3) is 6.08 Å². The van der Waals surface area contributed by atoms with Gasteiger partial charge in [0.1, 0.15) is 23.9 Å². The molecule has 6 nitrogen and oxygen atoms in total. The molecular formula is C22H21F2NO5. The average Bonchev–Trinajstić information content (AvgIpc) is 2.73. The maximum atomic E-state index is 13.6. The minimum atomic E-state index is -1.27. The molecule has 0 spiro atoms. The van der Waals surface area contributed by atoms with Crippen LogP contribution in [0.2, 0.25) is 0 Å². The first-order valence-electron chi connectivity index (χ1n) is 8.91. The first-order chi connectivity index (χ1) is 14.3. The van der Waals surface area contributed by atoms with Crippen molar-refractivity contribution >= 4 is 23.6 Å². The van der Waals surface area contributed by atoms with Crippen LogP contribution < -0.4 is 14.8 Å². The quantitative estimate of drug-likeness (QED) is 0.377. The van der Waals surface area contributed by atoms with Gasteiger partial charge in [0.25, 0.3) is 5.91 Å². The minimum Gasteiger partial charge on any atom is -0.493 e. The van der Waals surface area contributed by atoms with E-state index in [-0.39, 0.29) is 0 Å². The third kappa shape index (κ3) is 6.16. The van der Waals surface area contributed by atoms with Gasteiger partial charge in [-0.25, -0.2) is 13.6 Å². The van der Waals surface area contributed by atoms with Crippen LogP contribution in [0.5, 0.6) is 11.5 Å². The Bertz CT molecular complexity index is 938. The van der Waals surface area contributed by atoms with Crippen molar-refractivity contribution in [3.63, 3.8) is 0 Å². The van der Waals surface area contributed by atoms with Crippen LogP contribution in [0.4, 0.5) is 14.5 Å². The van der Waals surface area contributed by atoms with Crippen LogP contribution in [-0.4, -0.2) is 31.7 Å². The van der Waals surface area contributed by atoms with E-state index in [1.165, 1.54) is 26.2 Å². The second-order valence-electron chi connectivity index (χ2n) is 6.01. The van der Waals surface area contributed by atoms with Gasteiger partial charge in [0, 0.05) is 6.08 Å². The fourth-order valence-corrected chi connectivity index (χ4v) is 2.33. The van der Waals surface area contributed by atoms with E-state index in [0.29, 0.717) is 23.7 Å². The summed E-state index contributed by atoms with van der Waals surface area (Å²) in [5.41, 5.74) is 0.0204. The van der Waals surface area contributed by atoms with Crippen molar-refractivity contribution < 1.29 is 32.6 Å². The van der Waals surface area contributed by atoms with Gasteiger partial charge in [0.2, 0.25) is 0 Å². The summed E-state index contributed by atoms with van der Waals surface area (Å²) in [6.45, 7) is 5.17. The number of para-hydroxylation sites is 1. The predicted octanol–water partition coefficient (Wildman–Crippen LogP) is 4.12. The minimum absolute atomic E-state index is 0.314. The fourth-order valence-electron chi connectivity index (χ4n) is 2.33. The molecule has 0 saturated heterocycles. The molecule has 0 bridgehead atoms. The van der Waals surface area contributed by atoms with Gasteiger partial charge in [0.05, 0.1) is 7.11 Å². The summed E-state index contributed by atoms with van der Waals surface area (Å²) in [4.78, 5) is 24.0. The number of anilines is 1. The summed E-state index contributed by atoms with van der Waals surface area (Å²) in [7, 11) is 1.48. The van der Waals surface area contributed by atoms with Gasteiger partial charge in [-0.2, -0.15) is 0 Å². The fraction of sp³-hybridized carbons (Fsp3) is 0.182. The zero-order valence-corrected chi connectivity index (χ0v) is 16.5. The molecule has 0 unspecified atom stereocenters. The van der Waals surface area contributed by atoms with Crippen molar-refractivity contribution in [2.24, 2.45) is 0 Å². The van der Waals surface area contributed by atoms with Crippen LogP contribution in [0.15, 0.2) is 55.1 Å². The molecule has 0 radical (unpaired) electrons. The Labute approximate surface area is 172 Å². The number of amides is 1. The number of benzene rings is 2. The number of ether oxygens (including phenoxy) is 3. The molecular weight excluding hydrogens is 396 g/mol. The molecule has 2 aromatic carbocycles. The third-order valence-corrected chi connectivity index (χ3v) is 3.83. The summed E-state index contributed by atoms with van der Waals surface area (Å²) in [5.74, 6) is -2.56. The van der Waals surface area contributed by atoms with Gasteiger partial charge in [-0.3, -0.25) is 4.79 Å². The molecule has 0 aliphatic carbocycles. The lowest BCUT2D eigenvalue weighted by molar-refractivity contribution is -0.148. The van der Waals surface area contributed by atoms with E-state index in [0.717, 1.165) is 18.2 Å². The van der Waals surface area contributed by atoms with Gasteiger partial charge < -0.3 is 19.5 Å². The first kappa shape index (κ1) is 22.6. The molecule has 8 heteroatoms. The molecule has 0 aliphatic rings.